The molecule has 1 saturated heterocycles. The molecule has 1 N–H and O–H groups in total. The molecule has 21 heavy (non-hydrogen) atoms. The SMILES string of the molecule is CC(C)CNCc1ccc(N2CC(C)OC(C)C2)cc1Br. The smallest absolute Gasteiger partial charge is 0.0726 e. The molecule has 0 spiro atoms. The van der Waals surface area contributed by atoms with Crippen LogP contribution in [0, 0.1) is 5.92 Å². The van der Waals surface area contributed by atoms with E-state index in [2.05, 4.69) is 72.0 Å². The first kappa shape index (κ1) is 16.8. The zero-order valence-corrected chi connectivity index (χ0v) is 15.1. The van der Waals surface area contributed by atoms with Crippen LogP contribution in [-0.4, -0.2) is 31.8 Å². The number of benzene rings is 1. The highest BCUT2D eigenvalue weighted by Crippen LogP contribution is 2.26. The molecule has 4 heteroatoms. The lowest BCUT2D eigenvalue weighted by atomic mass is 10.1. The zero-order valence-electron chi connectivity index (χ0n) is 13.5. The summed E-state index contributed by atoms with van der Waals surface area (Å²) < 4.78 is 6.99. The van der Waals surface area contributed by atoms with E-state index in [9.17, 15) is 0 Å². The van der Waals surface area contributed by atoms with E-state index in [0.29, 0.717) is 18.1 Å². The molecule has 2 rings (SSSR count). The maximum atomic E-state index is 5.80. The molecule has 0 aromatic heterocycles. The predicted octanol–water partition coefficient (Wildman–Crippen LogP) is 3.81. The third kappa shape index (κ3) is 4.97. The van der Waals surface area contributed by atoms with Gasteiger partial charge in [0.05, 0.1) is 12.2 Å². The van der Waals surface area contributed by atoms with Crippen LogP contribution in [0.4, 0.5) is 5.69 Å². The monoisotopic (exact) mass is 354 g/mol. The standard InChI is InChI=1S/C17H27BrN2O/c1-12(2)8-19-9-15-5-6-16(7-17(15)18)20-10-13(3)21-14(4)11-20/h5-7,12-14,19H,8-11H2,1-4H3. The van der Waals surface area contributed by atoms with Crippen LogP contribution in [0.3, 0.4) is 0 Å². The number of ether oxygens (including phenoxy) is 1. The molecule has 2 atom stereocenters. The number of hydrogen-bond acceptors (Lipinski definition) is 3. The fourth-order valence-electron chi connectivity index (χ4n) is 2.76. The second-order valence-electron chi connectivity index (χ2n) is 6.46. The van der Waals surface area contributed by atoms with Crippen molar-refractivity contribution in [3.8, 4) is 0 Å². The summed E-state index contributed by atoms with van der Waals surface area (Å²) in [6, 6.07) is 6.68. The average molecular weight is 355 g/mol. The van der Waals surface area contributed by atoms with Gasteiger partial charge in [-0.25, -0.2) is 0 Å². The fraction of sp³-hybridized carbons (Fsp3) is 0.647. The first-order valence-electron chi connectivity index (χ1n) is 7.85. The highest BCUT2D eigenvalue weighted by Gasteiger charge is 2.22. The van der Waals surface area contributed by atoms with Gasteiger partial charge < -0.3 is 15.0 Å². The Hall–Kier alpha value is -0.580. The van der Waals surface area contributed by atoms with Gasteiger partial charge >= 0.3 is 0 Å². The Labute approximate surface area is 137 Å². The molecular formula is C17H27BrN2O. The van der Waals surface area contributed by atoms with E-state index in [1.807, 2.05) is 0 Å². The van der Waals surface area contributed by atoms with Crippen molar-refractivity contribution in [2.45, 2.75) is 46.4 Å². The van der Waals surface area contributed by atoms with Crippen LogP contribution in [0.1, 0.15) is 33.3 Å². The Kier molecular flexibility index (Phi) is 6.08. The number of anilines is 1. The van der Waals surface area contributed by atoms with Crippen molar-refractivity contribution in [1.82, 2.24) is 5.32 Å². The minimum atomic E-state index is 0.292. The summed E-state index contributed by atoms with van der Waals surface area (Å²) in [5.41, 5.74) is 2.59. The molecule has 0 aliphatic carbocycles. The molecule has 0 amide bonds. The van der Waals surface area contributed by atoms with E-state index in [-0.39, 0.29) is 0 Å². The number of nitrogens with zero attached hydrogens (tertiary/aromatic N) is 1. The van der Waals surface area contributed by atoms with Crippen LogP contribution in [0.5, 0.6) is 0 Å². The van der Waals surface area contributed by atoms with Crippen molar-refractivity contribution in [2.75, 3.05) is 24.5 Å². The highest BCUT2D eigenvalue weighted by atomic mass is 79.9. The van der Waals surface area contributed by atoms with E-state index in [4.69, 9.17) is 4.74 Å². The lowest BCUT2D eigenvalue weighted by Gasteiger charge is -2.37. The van der Waals surface area contributed by atoms with E-state index < -0.39 is 0 Å². The van der Waals surface area contributed by atoms with Gasteiger partial charge in [-0.2, -0.15) is 0 Å². The number of halogens is 1. The molecule has 1 fully saturated rings. The number of nitrogens with one attached hydrogen (secondary N) is 1. The summed E-state index contributed by atoms with van der Waals surface area (Å²) >= 11 is 3.71. The molecular weight excluding hydrogens is 328 g/mol. The second kappa shape index (κ2) is 7.61. The summed E-state index contributed by atoms with van der Waals surface area (Å²) in [7, 11) is 0. The highest BCUT2D eigenvalue weighted by molar-refractivity contribution is 9.10. The molecule has 1 aromatic rings. The van der Waals surface area contributed by atoms with Gasteiger partial charge in [-0.1, -0.05) is 35.8 Å². The van der Waals surface area contributed by atoms with E-state index in [1.165, 1.54) is 15.7 Å². The van der Waals surface area contributed by atoms with Crippen molar-refractivity contribution in [2.24, 2.45) is 5.92 Å². The van der Waals surface area contributed by atoms with Gasteiger partial charge in [0.1, 0.15) is 0 Å². The number of rotatable bonds is 5. The van der Waals surface area contributed by atoms with Crippen LogP contribution in [0.15, 0.2) is 22.7 Å². The minimum Gasteiger partial charge on any atom is -0.372 e. The molecule has 0 bridgehead atoms. The van der Waals surface area contributed by atoms with Crippen LogP contribution < -0.4 is 10.2 Å². The molecule has 3 nitrogen and oxygen atoms in total. The molecule has 1 aliphatic heterocycles. The van der Waals surface area contributed by atoms with E-state index in [1.54, 1.807) is 0 Å². The molecule has 1 aliphatic rings. The zero-order chi connectivity index (χ0) is 15.4. The Balaban J connectivity index is 2.01. The number of hydrogen-bond donors (Lipinski definition) is 1. The Morgan fingerprint density at radius 3 is 2.52 bits per heavy atom. The summed E-state index contributed by atoms with van der Waals surface area (Å²) in [4.78, 5) is 2.41. The maximum Gasteiger partial charge on any atom is 0.0726 e. The van der Waals surface area contributed by atoms with E-state index >= 15 is 0 Å². The maximum absolute atomic E-state index is 5.80. The van der Waals surface area contributed by atoms with Crippen molar-refractivity contribution in [3.05, 3.63) is 28.2 Å². The number of morpholine rings is 1. The molecule has 1 aromatic carbocycles. The largest absolute Gasteiger partial charge is 0.372 e. The lowest BCUT2D eigenvalue weighted by molar-refractivity contribution is -0.00522. The normalized spacial score (nSPS) is 22.9. The van der Waals surface area contributed by atoms with Crippen LogP contribution in [-0.2, 0) is 11.3 Å². The lowest BCUT2D eigenvalue weighted by Crippen LogP contribution is -2.45. The first-order valence-corrected chi connectivity index (χ1v) is 8.64. The van der Waals surface area contributed by atoms with Crippen LogP contribution in [0.25, 0.3) is 0 Å². The van der Waals surface area contributed by atoms with Crippen molar-refractivity contribution in [3.63, 3.8) is 0 Å². The second-order valence-corrected chi connectivity index (χ2v) is 7.32. The molecule has 2 unspecified atom stereocenters. The van der Waals surface area contributed by atoms with Crippen LogP contribution >= 0.6 is 15.9 Å². The molecule has 118 valence electrons. The van der Waals surface area contributed by atoms with Gasteiger partial charge in [0, 0.05) is 29.8 Å². The predicted molar refractivity (Wildman–Crippen MR) is 92.9 cm³/mol. The Bertz CT molecular complexity index is 454. The van der Waals surface area contributed by atoms with Crippen molar-refractivity contribution in [1.29, 1.82) is 0 Å². The van der Waals surface area contributed by atoms with Crippen LogP contribution in [0.2, 0.25) is 0 Å². The van der Waals surface area contributed by atoms with Gasteiger partial charge in [-0.15, -0.1) is 0 Å². The van der Waals surface area contributed by atoms with Crippen molar-refractivity contribution < 1.29 is 4.74 Å². The summed E-state index contributed by atoms with van der Waals surface area (Å²) in [5, 5.41) is 3.49. The quantitative estimate of drug-likeness (QED) is 0.869. The van der Waals surface area contributed by atoms with Gasteiger partial charge in [0.15, 0.2) is 0 Å². The third-order valence-electron chi connectivity index (χ3n) is 3.69. The topological polar surface area (TPSA) is 24.5 Å². The fourth-order valence-corrected chi connectivity index (χ4v) is 3.27. The third-order valence-corrected chi connectivity index (χ3v) is 4.43. The Morgan fingerprint density at radius 2 is 1.95 bits per heavy atom. The van der Waals surface area contributed by atoms with Gasteiger partial charge in [0.25, 0.3) is 0 Å². The molecule has 1 heterocycles. The average Bonchev–Trinajstić information content (AvgIpc) is 2.39. The summed E-state index contributed by atoms with van der Waals surface area (Å²) in [6.07, 6.45) is 0.583. The molecule has 0 radical (unpaired) electrons. The minimum absolute atomic E-state index is 0.292. The van der Waals surface area contributed by atoms with Gasteiger partial charge in [-0.05, 0) is 44.0 Å². The Morgan fingerprint density at radius 1 is 1.29 bits per heavy atom. The van der Waals surface area contributed by atoms with Gasteiger partial charge in [0.2, 0.25) is 0 Å². The van der Waals surface area contributed by atoms with E-state index in [0.717, 1.165) is 26.2 Å². The first-order chi connectivity index (χ1) is 9.95. The van der Waals surface area contributed by atoms with Gasteiger partial charge in [-0.3, -0.25) is 0 Å². The molecule has 0 saturated carbocycles. The summed E-state index contributed by atoms with van der Waals surface area (Å²) in [6.45, 7) is 12.6. The van der Waals surface area contributed by atoms with Crippen molar-refractivity contribution >= 4 is 21.6 Å². The summed E-state index contributed by atoms with van der Waals surface area (Å²) in [5.74, 6) is 0.680.